The Balaban J connectivity index is 0.00000225. The SMILES string of the molecule is Cl.N[C@@H](c1ccc([N+](=O)[O-])s1)C(F)(F)CO. The minimum absolute atomic E-state index is 0. The first-order valence-corrected chi connectivity index (χ1v) is 4.68. The molecular formula is C7H9ClF2N2O3S. The first kappa shape index (κ1) is 15.2. The maximum Gasteiger partial charge on any atom is 0.324 e. The van der Waals surface area contributed by atoms with E-state index in [1.807, 2.05) is 0 Å². The minimum Gasteiger partial charge on any atom is -0.390 e. The van der Waals surface area contributed by atoms with Crippen LogP contribution in [0.3, 0.4) is 0 Å². The highest BCUT2D eigenvalue weighted by molar-refractivity contribution is 7.15. The standard InChI is InChI=1S/C7H8F2N2O3S.ClH/c8-7(9,3-12)6(10)4-1-2-5(15-4)11(13)14;/h1-2,6,12H,3,10H2;1H/t6-;/m0./s1. The van der Waals surface area contributed by atoms with Crippen LogP contribution in [0.15, 0.2) is 12.1 Å². The molecule has 1 aromatic rings. The van der Waals surface area contributed by atoms with Gasteiger partial charge in [0.25, 0.3) is 5.92 Å². The zero-order valence-corrected chi connectivity index (χ0v) is 9.43. The number of aliphatic hydroxyl groups is 1. The third-order valence-corrected chi connectivity index (χ3v) is 2.88. The van der Waals surface area contributed by atoms with Gasteiger partial charge in [-0.25, -0.2) is 8.78 Å². The van der Waals surface area contributed by atoms with Crippen molar-refractivity contribution in [3.05, 3.63) is 27.1 Å². The first-order chi connectivity index (χ1) is 6.88. The lowest BCUT2D eigenvalue weighted by Gasteiger charge is -2.19. The maximum atomic E-state index is 12.9. The number of hydrogen-bond donors (Lipinski definition) is 2. The molecule has 16 heavy (non-hydrogen) atoms. The number of nitrogens with two attached hydrogens (primary N) is 1. The summed E-state index contributed by atoms with van der Waals surface area (Å²) >= 11 is 0.576. The van der Waals surface area contributed by atoms with Gasteiger partial charge in [0.1, 0.15) is 12.6 Å². The number of nitrogens with zero attached hydrogens (tertiary/aromatic N) is 1. The highest BCUT2D eigenvalue weighted by atomic mass is 35.5. The van der Waals surface area contributed by atoms with Crippen molar-refractivity contribution >= 4 is 28.7 Å². The van der Waals surface area contributed by atoms with Crippen LogP contribution in [0.2, 0.25) is 0 Å². The lowest BCUT2D eigenvalue weighted by atomic mass is 10.1. The zero-order valence-electron chi connectivity index (χ0n) is 7.80. The summed E-state index contributed by atoms with van der Waals surface area (Å²) in [7, 11) is 0. The van der Waals surface area contributed by atoms with Crippen molar-refractivity contribution in [3.8, 4) is 0 Å². The second-order valence-electron chi connectivity index (χ2n) is 2.83. The molecule has 0 unspecified atom stereocenters. The van der Waals surface area contributed by atoms with Gasteiger partial charge in [0.05, 0.1) is 4.92 Å². The van der Waals surface area contributed by atoms with Crippen LogP contribution in [0.5, 0.6) is 0 Å². The molecule has 1 aromatic heterocycles. The second kappa shape index (κ2) is 5.48. The molecule has 0 spiro atoms. The molecule has 0 aliphatic heterocycles. The van der Waals surface area contributed by atoms with Gasteiger partial charge in [-0.1, -0.05) is 11.3 Å². The molecule has 0 radical (unpaired) electrons. The van der Waals surface area contributed by atoms with Gasteiger partial charge >= 0.3 is 5.00 Å². The Morgan fingerprint density at radius 1 is 1.62 bits per heavy atom. The summed E-state index contributed by atoms with van der Waals surface area (Å²) in [6.07, 6.45) is 0. The van der Waals surface area contributed by atoms with Gasteiger partial charge in [0.15, 0.2) is 0 Å². The number of hydrogen-bond acceptors (Lipinski definition) is 5. The largest absolute Gasteiger partial charge is 0.390 e. The summed E-state index contributed by atoms with van der Waals surface area (Å²) in [5, 5.41) is 18.4. The third kappa shape index (κ3) is 3.08. The topological polar surface area (TPSA) is 89.4 Å². The Labute approximate surface area is 99.4 Å². The van der Waals surface area contributed by atoms with Gasteiger partial charge < -0.3 is 10.8 Å². The van der Waals surface area contributed by atoms with E-state index in [-0.39, 0.29) is 22.3 Å². The van der Waals surface area contributed by atoms with Crippen molar-refractivity contribution in [3.63, 3.8) is 0 Å². The van der Waals surface area contributed by atoms with Gasteiger partial charge in [0, 0.05) is 10.9 Å². The lowest BCUT2D eigenvalue weighted by Crippen LogP contribution is -2.35. The fourth-order valence-corrected chi connectivity index (χ4v) is 1.80. The number of thiophene rings is 1. The Kier molecular flexibility index (Phi) is 5.20. The van der Waals surface area contributed by atoms with E-state index in [1.54, 1.807) is 0 Å². The van der Waals surface area contributed by atoms with E-state index in [9.17, 15) is 18.9 Å². The van der Waals surface area contributed by atoms with Crippen LogP contribution in [-0.4, -0.2) is 22.6 Å². The minimum atomic E-state index is -3.47. The van der Waals surface area contributed by atoms with Gasteiger partial charge in [-0.05, 0) is 6.07 Å². The van der Waals surface area contributed by atoms with E-state index in [0.29, 0.717) is 11.3 Å². The van der Waals surface area contributed by atoms with E-state index in [0.717, 1.165) is 12.1 Å². The normalized spacial score (nSPS) is 13.0. The Morgan fingerprint density at radius 3 is 2.56 bits per heavy atom. The Bertz CT molecular complexity index is 374. The Hall–Kier alpha value is -0.830. The summed E-state index contributed by atoms with van der Waals surface area (Å²) in [4.78, 5) is 9.58. The molecule has 5 nitrogen and oxygen atoms in total. The van der Waals surface area contributed by atoms with Gasteiger partial charge in [0.2, 0.25) is 0 Å². The average molecular weight is 275 g/mol. The first-order valence-electron chi connectivity index (χ1n) is 3.87. The average Bonchev–Trinajstić information content (AvgIpc) is 2.65. The number of nitro groups is 1. The van der Waals surface area contributed by atoms with Crippen LogP contribution < -0.4 is 5.73 Å². The van der Waals surface area contributed by atoms with Crippen molar-refractivity contribution in [2.75, 3.05) is 6.61 Å². The highest BCUT2D eigenvalue weighted by Crippen LogP contribution is 2.35. The molecule has 1 rings (SSSR count). The molecule has 0 saturated heterocycles. The van der Waals surface area contributed by atoms with Gasteiger partial charge in [-0.15, -0.1) is 12.4 Å². The molecule has 0 fully saturated rings. The van der Waals surface area contributed by atoms with Gasteiger partial charge in [-0.2, -0.15) is 0 Å². The molecule has 3 N–H and O–H groups in total. The quantitative estimate of drug-likeness (QED) is 0.646. The van der Waals surface area contributed by atoms with Crippen molar-refractivity contribution in [2.24, 2.45) is 5.73 Å². The van der Waals surface area contributed by atoms with Crippen molar-refractivity contribution in [1.29, 1.82) is 0 Å². The molecule has 9 heteroatoms. The molecule has 0 aliphatic carbocycles. The summed E-state index contributed by atoms with van der Waals surface area (Å²) in [5.41, 5.74) is 5.17. The summed E-state index contributed by atoms with van der Waals surface area (Å²) in [6.45, 7) is -1.39. The number of aliphatic hydroxyl groups excluding tert-OH is 1. The van der Waals surface area contributed by atoms with E-state index >= 15 is 0 Å². The van der Waals surface area contributed by atoms with Crippen molar-refractivity contribution < 1.29 is 18.8 Å². The smallest absolute Gasteiger partial charge is 0.324 e. The zero-order chi connectivity index (χ0) is 11.6. The predicted molar refractivity (Wildman–Crippen MR) is 57.2 cm³/mol. The van der Waals surface area contributed by atoms with E-state index in [1.165, 1.54) is 0 Å². The number of halogens is 3. The van der Waals surface area contributed by atoms with E-state index < -0.39 is 23.5 Å². The molecule has 1 heterocycles. The number of alkyl halides is 2. The van der Waals surface area contributed by atoms with Crippen molar-refractivity contribution in [1.82, 2.24) is 0 Å². The fourth-order valence-electron chi connectivity index (χ4n) is 0.914. The van der Waals surface area contributed by atoms with Crippen LogP contribution in [0.25, 0.3) is 0 Å². The molecule has 0 aliphatic rings. The summed E-state index contributed by atoms with van der Waals surface area (Å²) < 4.78 is 25.8. The summed E-state index contributed by atoms with van der Waals surface area (Å²) in [5.74, 6) is -3.47. The molecule has 0 amide bonds. The molecular weight excluding hydrogens is 266 g/mol. The van der Waals surface area contributed by atoms with E-state index in [4.69, 9.17) is 10.8 Å². The molecule has 92 valence electrons. The maximum absolute atomic E-state index is 12.9. The van der Waals surface area contributed by atoms with Crippen LogP contribution >= 0.6 is 23.7 Å². The molecule has 0 saturated carbocycles. The molecule has 0 bridgehead atoms. The predicted octanol–water partition coefficient (Wildman–Crippen LogP) is 1.71. The Morgan fingerprint density at radius 2 is 2.19 bits per heavy atom. The molecule has 1 atom stereocenters. The van der Waals surface area contributed by atoms with Crippen molar-refractivity contribution in [2.45, 2.75) is 12.0 Å². The third-order valence-electron chi connectivity index (χ3n) is 1.76. The molecule has 0 aromatic carbocycles. The fraction of sp³-hybridized carbons (Fsp3) is 0.429. The van der Waals surface area contributed by atoms with Crippen LogP contribution in [0, 0.1) is 10.1 Å². The lowest BCUT2D eigenvalue weighted by molar-refractivity contribution is -0.380. The summed E-state index contributed by atoms with van der Waals surface area (Å²) in [6, 6.07) is 0.547. The van der Waals surface area contributed by atoms with Crippen LogP contribution in [-0.2, 0) is 0 Å². The second-order valence-corrected chi connectivity index (χ2v) is 3.92. The number of rotatable bonds is 4. The van der Waals surface area contributed by atoms with Crippen LogP contribution in [0.1, 0.15) is 10.9 Å². The monoisotopic (exact) mass is 274 g/mol. The van der Waals surface area contributed by atoms with E-state index in [2.05, 4.69) is 0 Å². The van der Waals surface area contributed by atoms with Gasteiger partial charge in [-0.3, -0.25) is 10.1 Å². The highest BCUT2D eigenvalue weighted by Gasteiger charge is 2.38. The van der Waals surface area contributed by atoms with Crippen LogP contribution in [0.4, 0.5) is 13.8 Å².